The fraction of sp³-hybridized carbons (Fsp3) is 0.714. The molecule has 112 valence electrons. The number of thiazole rings is 1. The molecule has 1 fully saturated rings. The van der Waals surface area contributed by atoms with Crippen LogP contribution < -0.4 is 10.6 Å². The Balaban J connectivity index is 2.18. The first-order chi connectivity index (χ1) is 9.50. The Bertz CT molecular complexity index is 464. The third-order valence-corrected chi connectivity index (χ3v) is 4.93. The zero-order valence-corrected chi connectivity index (χ0v) is 13.4. The van der Waals surface area contributed by atoms with Gasteiger partial charge in [0.25, 0.3) is 5.91 Å². The third-order valence-electron chi connectivity index (χ3n) is 3.81. The zero-order valence-electron chi connectivity index (χ0n) is 12.6. The van der Waals surface area contributed by atoms with E-state index in [9.17, 15) is 4.79 Å². The van der Waals surface area contributed by atoms with Crippen LogP contribution in [0.4, 0.5) is 10.9 Å². The number of aromatic nitrogens is 1. The largest absolute Gasteiger partial charge is 0.382 e. The molecule has 5 nitrogen and oxygen atoms in total. The van der Waals surface area contributed by atoms with E-state index >= 15 is 0 Å². The molecule has 0 aromatic carbocycles. The Morgan fingerprint density at radius 1 is 1.30 bits per heavy atom. The van der Waals surface area contributed by atoms with E-state index in [1.807, 2.05) is 13.8 Å². The number of amides is 1. The molecule has 2 N–H and O–H groups in total. The average Bonchev–Trinajstić information content (AvgIpc) is 2.65. The molecule has 20 heavy (non-hydrogen) atoms. The summed E-state index contributed by atoms with van der Waals surface area (Å²) in [5.41, 5.74) is 5.95. The molecule has 0 bridgehead atoms. The first-order valence-electron chi connectivity index (χ1n) is 7.29. The molecule has 1 aromatic rings. The van der Waals surface area contributed by atoms with Gasteiger partial charge in [-0.05, 0) is 26.7 Å². The second-order valence-electron chi connectivity index (χ2n) is 5.62. The number of anilines is 2. The lowest BCUT2D eigenvalue weighted by atomic mass is 10.2. The molecule has 0 aliphatic carbocycles. The van der Waals surface area contributed by atoms with Crippen molar-refractivity contribution in [2.75, 3.05) is 30.8 Å². The molecule has 0 atom stereocenters. The van der Waals surface area contributed by atoms with E-state index in [0.29, 0.717) is 10.7 Å². The van der Waals surface area contributed by atoms with Crippen molar-refractivity contribution in [1.29, 1.82) is 0 Å². The lowest BCUT2D eigenvalue weighted by Crippen LogP contribution is -2.32. The first kappa shape index (κ1) is 15.1. The molecule has 0 radical (unpaired) electrons. The standard InChI is InChI=1S/C14H24N4OS/c1-10(2)17(3)13(19)11-12(15)16-14(20-11)18-8-6-4-5-7-9-18/h10H,4-9,15H2,1-3H3. The Kier molecular flexibility index (Phi) is 4.86. The SMILES string of the molecule is CC(C)N(C)C(=O)c1sc(N2CCCCCC2)nc1N. The molecule has 0 saturated carbocycles. The van der Waals surface area contributed by atoms with Crippen molar-refractivity contribution >= 4 is 28.2 Å². The van der Waals surface area contributed by atoms with Crippen molar-refractivity contribution in [3.8, 4) is 0 Å². The summed E-state index contributed by atoms with van der Waals surface area (Å²) in [4.78, 5) is 21.3. The summed E-state index contributed by atoms with van der Waals surface area (Å²) < 4.78 is 0. The van der Waals surface area contributed by atoms with E-state index in [1.165, 1.54) is 37.0 Å². The topological polar surface area (TPSA) is 62.5 Å². The normalized spacial score (nSPS) is 16.3. The average molecular weight is 296 g/mol. The predicted molar refractivity (Wildman–Crippen MR) is 84.4 cm³/mol. The van der Waals surface area contributed by atoms with Gasteiger partial charge in [0.2, 0.25) is 0 Å². The van der Waals surface area contributed by atoms with Crippen LogP contribution in [0.1, 0.15) is 49.2 Å². The smallest absolute Gasteiger partial charge is 0.267 e. The molecular weight excluding hydrogens is 272 g/mol. The van der Waals surface area contributed by atoms with Gasteiger partial charge in [0.15, 0.2) is 5.13 Å². The number of nitrogens with zero attached hydrogens (tertiary/aromatic N) is 3. The number of rotatable bonds is 3. The summed E-state index contributed by atoms with van der Waals surface area (Å²) in [7, 11) is 1.80. The maximum Gasteiger partial charge on any atom is 0.267 e. The second-order valence-corrected chi connectivity index (χ2v) is 6.60. The van der Waals surface area contributed by atoms with Gasteiger partial charge in [-0.2, -0.15) is 0 Å². The lowest BCUT2D eigenvalue weighted by Gasteiger charge is -2.20. The van der Waals surface area contributed by atoms with E-state index < -0.39 is 0 Å². The van der Waals surface area contributed by atoms with Gasteiger partial charge in [-0.25, -0.2) is 4.98 Å². The summed E-state index contributed by atoms with van der Waals surface area (Å²) in [5, 5.41) is 0.893. The van der Waals surface area contributed by atoms with Crippen molar-refractivity contribution in [1.82, 2.24) is 9.88 Å². The van der Waals surface area contributed by atoms with Gasteiger partial charge >= 0.3 is 0 Å². The van der Waals surface area contributed by atoms with Gasteiger partial charge in [-0.3, -0.25) is 4.79 Å². The molecule has 1 aromatic heterocycles. The molecule has 6 heteroatoms. The monoisotopic (exact) mass is 296 g/mol. The Morgan fingerprint density at radius 3 is 2.45 bits per heavy atom. The highest BCUT2D eigenvalue weighted by Gasteiger charge is 2.23. The van der Waals surface area contributed by atoms with Gasteiger partial charge in [-0.1, -0.05) is 24.2 Å². The number of carbonyl (C=O) groups excluding carboxylic acids is 1. The molecule has 1 saturated heterocycles. The Morgan fingerprint density at radius 2 is 1.90 bits per heavy atom. The van der Waals surface area contributed by atoms with Crippen LogP contribution in [0.15, 0.2) is 0 Å². The predicted octanol–water partition coefficient (Wildman–Crippen LogP) is 2.59. The van der Waals surface area contributed by atoms with Crippen LogP contribution in [0.25, 0.3) is 0 Å². The van der Waals surface area contributed by atoms with Gasteiger partial charge in [0.05, 0.1) is 0 Å². The van der Waals surface area contributed by atoms with Crippen molar-refractivity contribution < 1.29 is 4.79 Å². The van der Waals surface area contributed by atoms with Crippen LogP contribution in [-0.2, 0) is 0 Å². The second kappa shape index (κ2) is 6.43. The zero-order chi connectivity index (χ0) is 14.7. The number of nitrogens with two attached hydrogens (primary N) is 1. The van der Waals surface area contributed by atoms with Crippen LogP contribution in [0.5, 0.6) is 0 Å². The lowest BCUT2D eigenvalue weighted by molar-refractivity contribution is 0.0760. The maximum atomic E-state index is 12.4. The van der Waals surface area contributed by atoms with Crippen LogP contribution in [0.2, 0.25) is 0 Å². The molecule has 0 unspecified atom stereocenters. The van der Waals surface area contributed by atoms with E-state index in [2.05, 4.69) is 9.88 Å². The van der Waals surface area contributed by atoms with Gasteiger partial charge in [0.1, 0.15) is 10.7 Å². The number of hydrogen-bond donors (Lipinski definition) is 1. The molecule has 2 heterocycles. The minimum Gasteiger partial charge on any atom is -0.382 e. The van der Waals surface area contributed by atoms with Crippen molar-refractivity contribution in [3.05, 3.63) is 4.88 Å². The highest BCUT2D eigenvalue weighted by molar-refractivity contribution is 7.18. The van der Waals surface area contributed by atoms with Crippen molar-refractivity contribution in [2.45, 2.75) is 45.6 Å². The third kappa shape index (κ3) is 3.23. The minimum atomic E-state index is -0.0314. The first-order valence-corrected chi connectivity index (χ1v) is 8.10. The fourth-order valence-corrected chi connectivity index (χ4v) is 3.29. The molecule has 2 rings (SSSR count). The fourth-order valence-electron chi connectivity index (χ4n) is 2.27. The number of hydrogen-bond acceptors (Lipinski definition) is 5. The molecule has 1 aliphatic heterocycles. The van der Waals surface area contributed by atoms with E-state index in [1.54, 1.807) is 11.9 Å². The number of nitrogen functional groups attached to an aromatic ring is 1. The highest BCUT2D eigenvalue weighted by atomic mass is 32.1. The van der Waals surface area contributed by atoms with Crippen LogP contribution in [0, 0.1) is 0 Å². The van der Waals surface area contributed by atoms with Crippen LogP contribution in [-0.4, -0.2) is 42.0 Å². The number of carbonyl (C=O) groups is 1. The summed E-state index contributed by atoms with van der Waals surface area (Å²) in [6, 6.07) is 0.158. The van der Waals surface area contributed by atoms with Gasteiger partial charge in [-0.15, -0.1) is 0 Å². The summed E-state index contributed by atoms with van der Waals surface area (Å²) >= 11 is 1.43. The van der Waals surface area contributed by atoms with Crippen molar-refractivity contribution in [3.63, 3.8) is 0 Å². The molecule has 0 spiro atoms. The Labute approximate surface area is 124 Å². The quantitative estimate of drug-likeness (QED) is 0.931. The summed E-state index contributed by atoms with van der Waals surface area (Å²) in [6.07, 6.45) is 4.93. The van der Waals surface area contributed by atoms with Gasteiger partial charge < -0.3 is 15.5 Å². The van der Waals surface area contributed by atoms with E-state index in [-0.39, 0.29) is 11.9 Å². The highest BCUT2D eigenvalue weighted by Crippen LogP contribution is 2.30. The summed E-state index contributed by atoms with van der Waals surface area (Å²) in [5.74, 6) is 0.336. The molecular formula is C14H24N4OS. The van der Waals surface area contributed by atoms with Crippen LogP contribution >= 0.6 is 11.3 Å². The van der Waals surface area contributed by atoms with E-state index in [0.717, 1.165) is 18.2 Å². The maximum absolute atomic E-state index is 12.4. The molecule has 1 aliphatic rings. The summed E-state index contributed by atoms with van der Waals surface area (Å²) in [6.45, 7) is 6.01. The minimum absolute atomic E-state index is 0.0314. The van der Waals surface area contributed by atoms with E-state index in [4.69, 9.17) is 5.73 Å². The van der Waals surface area contributed by atoms with Gasteiger partial charge in [0, 0.05) is 26.2 Å². The molecule has 1 amide bonds. The van der Waals surface area contributed by atoms with Crippen LogP contribution in [0.3, 0.4) is 0 Å². The van der Waals surface area contributed by atoms with Crippen molar-refractivity contribution in [2.24, 2.45) is 0 Å². The Hall–Kier alpha value is -1.30.